The Hall–Kier alpha value is -3.08. The molecule has 0 spiro atoms. The van der Waals surface area contributed by atoms with Gasteiger partial charge in [-0.2, -0.15) is 0 Å². The van der Waals surface area contributed by atoms with Crippen LogP contribution in [-0.4, -0.2) is 23.5 Å². The lowest BCUT2D eigenvalue weighted by atomic mass is 10.0. The average molecular weight is 353 g/mol. The molecule has 5 nitrogen and oxygen atoms in total. The van der Waals surface area contributed by atoms with Gasteiger partial charge in [0.25, 0.3) is 5.91 Å². The molecule has 0 aliphatic carbocycles. The van der Waals surface area contributed by atoms with E-state index in [2.05, 4.69) is 11.9 Å². The van der Waals surface area contributed by atoms with Gasteiger partial charge in [-0.3, -0.25) is 14.9 Å². The number of aliphatic hydroxyl groups excluding tert-OH is 1. The molecule has 0 fully saturated rings. The molecule has 5 heteroatoms. The van der Waals surface area contributed by atoms with Gasteiger partial charge >= 0.3 is 0 Å². The van der Waals surface area contributed by atoms with Crippen LogP contribution in [0.5, 0.6) is 5.75 Å². The topological polar surface area (TPSA) is 75.6 Å². The first-order valence-corrected chi connectivity index (χ1v) is 8.39. The lowest BCUT2D eigenvalue weighted by Crippen LogP contribution is -2.28. The number of hydrogen-bond acceptors (Lipinski definition) is 4. The Morgan fingerprint density at radius 3 is 2.54 bits per heavy atom. The molecule has 0 saturated heterocycles. The number of aliphatic hydroxyl groups is 1. The van der Waals surface area contributed by atoms with Gasteiger partial charge in [0.05, 0.1) is 12.4 Å². The van der Waals surface area contributed by atoms with Crippen molar-refractivity contribution in [3.63, 3.8) is 0 Å². The van der Waals surface area contributed by atoms with Gasteiger partial charge in [0.15, 0.2) is 0 Å². The van der Waals surface area contributed by atoms with Crippen LogP contribution in [-0.2, 0) is 9.59 Å². The molecule has 0 heterocycles. The number of carbonyl (C=O) groups excluding carboxylic acids is 2. The van der Waals surface area contributed by atoms with E-state index < -0.39 is 5.91 Å². The van der Waals surface area contributed by atoms with Crippen molar-refractivity contribution in [2.24, 2.45) is 0 Å². The third-order valence-electron chi connectivity index (χ3n) is 3.75. The van der Waals surface area contributed by atoms with E-state index in [1.165, 1.54) is 6.92 Å². The molecule has 0 aliphatic rings. The van der Waals surface area contributed by atoms with E-state index in [1.54, 1.807) is 13.0 Å². The van der Waals surface area contributed by atoms with Crippen LogP contribution in [0.15, 0.2) is 54.3 Å². The Morgan fingerprint density at radius 1 is 1.15 bits per heavy atom. The number of benzene rings is 2. The highest BCUT2D eigenvalue weighted by Crippen LogP contribution is 2.23. The van der Waals surface area contributed by atoms with Gasteiger partial charge < -0.3 is 9.84 Å². The van der Waals surface area contributed by atoms with E-state index in [9.17, 15) is 9.59 Å². The largest absolute Gasteiger partial charge is 0.513 e. The summed E-state index contributed by atoms with van der Waals surface area (Å²) in [5, 5.41) is 13.4. The van der Waals surface area contributed by atoms with Gasteiger partial charge in [-0.15, -0.1) is 0 Å². The molecule has 2 rings (SSSR count). The SMILES string of the molecule is C=C(O)CCCOc1ccc2cc(/C=C(\C)C(=O)NC(C)=O)ccc2c1. The molecule has 26 heavy (non-hydrogen) atoms. The predicted octanol–water partition coefficient (Wildman–Crippen LogP) is 4.14. The zero-order valence-corrected chi connectivity index (χ0v) is 15.0. The van der Waals surface area contributed by atoms with Crippen LogP contribution in [0.1, 0.15) is 32.3 Å². The number of amides is 2. The third kappa shape index (κ3) is 5.77. The highest BCUT2D eigenvalue weighted by atomic mass is 16.5. The second-order valence-corrected chi connectivity index (χ2v) is 6.12. The van der Waals surface area contributed by atoms with Crippen LogP contribution in [0.4, 0.5) is 0 Å². The predicted molar refractivity (Wildman–Crippen MR) is 103 cm³/mol. The number of imide groups is 1. The third-order valence-corrected chi connectivity index (χ3v) is 3.75. The molecule has 0 atom stereocenters. The van der Waals surface area contributed by atoms with E-state index in [0.29, 0.717) is 25.0 Å². The Kier molecular flexibility index (Phi) is 6.55. The first kappa shape index (κ1) is 19.2. The van der Waals surface area contributed by atoms with Gasteiger partial charge in [0.2, 0.25) is 5.91 Å². The molecule has 0 bridgehead atoms. The second-order valence-electron chi connectivity index (χ2n) is 6.12. The first-order chi connectivity index (χ1) is 12.3. The van der Waals surface area contributed by atoms with Crippen molar-refractivity contribution in [1.82, 2.24) is 5.32 Å². The lowest BCUT2D eigenvalue weighted by molar-refractivity contribution is -0.127. The summed E-state index contributed by atoms with van der Waals surface area (Å²) in [7, 11) is 0. The molecular formula is C21H23NO4. The molecule has 0 aliphatic heterocycles. The second kappa shape index (κ2) is 8.85. The van der Waals surface area contributed by atoms with Crippen molar-refractivity contribution in [2.45, 2.75) is 26.7 Å². The zero-order chi connectivity index (χ0) is 19.1. The maximum absolute atomic E-state index is 11.8. The van der Waals surface area contributed by atoms with Crippen LogP contribution >= 0.6 is 0 Å². The lowest BCUT2D eigenvalue weighted by Gasteiger charge is -2.08. The fraction of sp³-hybridized carbons (Fsp3) is 0.238. The van der Waals surface area contributed by atoms with E-state index >= 15 is 0 Å². The van der Waals surface area contributed by atoms with Crippen LogP contribution in [0.3, 0.4) is 0 Å². The average Bonchev–Trinajstić information content (AvgIpc) is 2.58. The van der Waals surface area contributed by atoms with Crippen molar-refractivity contribution >= 4 is 28.7 Å². The molecule has 0 aromatic heterocycles. The molecule has 2 aromatic rings. The highest BCUT2D eigenvalue weighted by molar-refractivity contribution is 6.05. The van der Waals surface area contributed by atoms with Crippen LogP contribution < -0.4 is 10.1 Å². The molecule has 2 amide bonds. The van der Waals surface area contributed by atoms with Gasteiger partial charge in [-0.1, -0.05) is 24.8 Å². The maximum atomic E-state index is 11.8. The van der Waals surface area contributed by atoms with E-state index in [4.69, 9.17) is 9.84 Å². The smallest absolute Gasteiger partial charge is 0.253 e. The molecule has 2 N–H and O–H groups in total. The van der Waals surface area contributed by atoms with Crippen molar-refractivity contribution in [3.05, 3.63) is 59.9 Å². The fourth-order valence-corrected chi connectivity index (χ4v) is 2.46. The minimum Gasteiger partial charge on any atom is -0.513 e. The normalized spacial score (nSPS) is 11.2. The van der Waals surface area contributed by atoms with Crippen LogP contribution in [0.2, 0.25) is 0 Å². The van der Waals surface area contributed by atoms with E-state index in [1.807, 2.05) is 36.4 Å². The molecule has 2 aromatic carbocycles. The summed E-state index contributed by atoms with van der Waals surface area (Å²) < 4.78 is 5.68. The Morgan fingerprint density at radius 2 is 1.85 bits per heavy atom. The molecular weight excluding hydrogens is 330 g/mol. The molecule has 0 saturated carbocycles. The zero-order valence-electron chi connectivity index (χ0n) is 15.0. The first-order valence-electron chi connectivity index (χ1n) is 8.39. The summed E-state index contributed by atoms with van der Waals surface area (Å²) in [6.07, 6.45) is 2.97. The molecule has 0 unspecified atom stereocenters. The van der Waals surface area contributed by atoms with E-state index in [0.717, 1.165) is 22.1 Å². The number of fused-ring (bicyclic) bond motifs is 1. The van der Waals surface area contributed by atoms with Crippen molar-refractivity contribution < 1.29 is 19.4 Å². The summed E-state index contributed by atoms with van der Waals surface area (Å²) in [4.78, 5) is 22.8. The number of ether oxygens (including phenoxy) is 1. The molecule has 136 valence electrons. The van der Waals surface area contributed by atoms with Crippen molar-refractivity contribution in [3.8, 4) is 5.75 Å². The number of hydrogen-bond donors (Lipinski definition) is 2. The minimum absolute atomic E-state index is 0.167. The summed E-state index contributed by atoms with van der Waals surface area (Å²) in [5.41, 5.74) is 1.34. The quantitative estimate of drug-likeness (QED) is 0.446. The standard InChI is InChI=1S/C21H23NO4/c1-14(21(25)22-16(3)24)11-17-6-7-19-13-20(9-8-18(19)12-17)26-10-4-5-15(2)23/h6-9,11-13,23H,2,4-5,10H2,1,3H3,(H,22,24,25)/b14-11+. The number of allylic oxidation sites excluding steroid dienone is 1. The summed E-state index contributed by atoms with van der Waals surface area (Å²) in [6.45, 7) is 6.93. The number of nitrogens with one attached hydrogen (secondary N) is 1. The van der Waals surface area contributed by atoms with Crippen LogP contribution in [0.25, 0.3) is 16.8 Å². The number of rotatable bonds is 7. The van der Waals surface area contributed by atoms with Crippen molar-refractivity contribution in [1.29, 1.82) is 0 Å². The van der Waals surface area contributed by atoms with Gasteiger partial charge in [-0.25, -0.2) is 0 Å². The monoisotopic (exact) mass is 353 g/mol. The van der Waals surface area contributed by atoms with Crippen LogP contribution in [0, 0.1) is 0 Å². The fourth-order valence-electron chi connectivity index (χ4n) is 2.46. The maximum Gasteiger partial charge on any atom is 0.253 e. The Labute approximate surface area is 153 Å². The summed E-state index contributed by atoms with van der Waals surface area (Å²) in [6, 6.07) is 11.6. The summed E-state index contributed by atoms with van der Waals surface area (Å²) in [5.74, 6) is 0.158. The Bertz CT molecular complexity index is 867. The van der Waals surface area contributed by atoms with Gasteiger partial charge in [-0.05, 0) is 54.0 Å². The molecule has 0 radical (unpaired) electrons. The van der Waals surface area contributed by atoms with Crippen molar-refractivity contribution in [2.75, 3.05) is 6.61 Å². The highest BCUT2D eigenvalue weighted by Gasteiger charge is 2.06. The van der Waals surface area contributed by atoms with E-state index in [-0.39, 0.29) is 11.7 Å². The minimum atomic E-state index is -0.396. The Balaban J connectivity index is 2.09. The number of carbonyl (C=O) groups is 2. The summed E-state index contributed by atoms with van der Waals surface area (Å²) >= 11 is 0. The van der Waals surface area contributed by atoms with Gasteiger partial charge in [0, 0.05) is 18.9 Å². The van der Waals surface area contributed by atoms with Gasteiger partial charge in [0.1, 0.15) is 5.75 Å².